The van der Waals surface area contributed by atoms with Crippen LogP contribution < -0.4 is 5.32 Å². The van der Waals surface area contributed by atoms with Crippen molar-refractivity contribution < 1.29 is 0 Å². The fourth-order valence-electron chi connectivity index (χ4n) is 0.947. The molecule has 1 N–H and O–H groups in total. The Bertz CT molecular complexity index is 105. The standard InChI is InChI=1S/C6H12INS/c1-6(9)2-3-8-4-5(6)7/h5,8-9H,2-4H2,1H3. The first kappa shape index (κ1) is 8.14. The van der Waals surface area contributed by atoms with Crippen LogP contribution in [0.2, 0.25) is 0 Å². The van der Waals surface area contributed by atoms with Gasteiger partial charge in [-0.25, -0.2) is 0 Å². The van der Waals surface area contributed by atoms with E-state index in [2.05, 4.69) is 47.5 Å². The van der Waals surface area contributed by atoms with E-state index in [0.29, 0.717) is 3.92 Å². The molecule has 1 fully saturated rings. The van der Waals surface area contributed by atoms with Crippen molar-refractivity contribution in [2.24, 2.45) is 0 Å². The van der Waals surface area contributed by atoms with E-state index in [1.807, 2.05) is 0 Å². The Morgan fingerprint density at radius 3 is 2.78 bits per heavy atom. The van der Waals surface area contributed by atoms with Gasteiger partial charge in [-0.05, 0) is 19.9 Å². The van der Waals surface area contributed by atoms with Gasteiger partial charge in [0.2, 0.25) is 0 Å². The highest BCUT2D eigenvalue weighted by atomic mass is 127. The normalized spacial score (nSPS) is 45.0. The lowest BCUT2D eigenvalue weighted by atomic mass is 9.99. The van der Waals surface area contributed by atoms with Crippen LogP contribution in [0.4, 0.5) is 0 Å². The van der Waals surface area contributed by atoms with Gasteiger partial charge in [0.05, 0.1) is 0 Å². The van der Waals surface area contributed by atoms with Crippen LogP contribution in [0.25, 0.3) is 0 Å². The molecule has 0 aromatic rings. The fourth-order valence-corrected chi connectivity index (χ4v) is 1.77. The van der Waals surface area contributed by atoms with Crippen molar-refractivity contribution in [1.82, 2.24) is 5.32 Å². The van der Waals surface area contributed by atoms with Gasteiger partial charge < -0.3 is 5.32 Å². The van der Waals surface area contributed by atoms with Gasteiger partial charge in [0, 0.05) is 15.2 Å². The predicted octanol–water partition coefficient (Wildman–Crippen LogP) is 1.47. The lowest BCUT2D eigenvalue weighted by molar-refractivity contribution is 0.464. The molecular formula is C6H12INS. The van der Waals surface area contributed by atoms with Gasteiger partial charge >= 0.3 is 0 Å². The molecule has 1 nitrogen and oxygen atoms in total. The van der Waals surface area contributed by atoms with Gasteiger partial charge in [-0.15, -0.1) is 0 Å². The molecule has 1 heterocycles. The summed E-state index contributed by atoms with van der Waals surface area (Å²) in [6.45, 7) is 4.45. The van der Waals surface area contributed by atoms with Crippen molar-refractivity contribution in [1.29, 1.82) is 0 Å². The van der Waals surface area contributed by atoms with Gasteiger partial charge in [-0.2, -0.15) is 12.6 Å². The zero-order valence-corrected chi connectivity index (χ0v) is 8.58. The molecule has 0 amide bonds. The number of rotatable bonds is 0. The minimum absolute atomic E-state index is 0.256. The highest BCUT2D eigenvalue weighted by Gasteiger charge is 2.30. The first-order valence-electron chi connectivity index (χ1n) is 3.20. The monoisotopic (exact) mass is 257 g/mol. The largest absolute Gasteiger partial charge is 0.316 e. The first-order chi connectivity index (χ1) is 4.13. The van der Waals surface area contributed by atoms with Crippen molar-refractivity contribution in [3.05, 3.63) is 0 Å². The average Bonchev–Trinajstić information content (AvgIpc) is 1.77. The minimum Gasteiger partial charge on any atom is -0.316 e. The Kier molecular flexibility index (Phi) is 2.68. The topological polar surface area (TPSA) is 12.0 Å². The summed E-state index contributed by atoms with van der Waals surface area (Å²) >= 11 is 7.03. The van der Waals surface area contributed by atoms with E-state index in [9.17, 15) is 0 Å². The molecule has 2 atom stereocenters. The van der Waals surface area contributed by atoms with Crippen LogP contribution in [-0.2, 0) is 0 Å². The van der Waals surface area contributed by atoms with Crippen molar-refractivity contribution in [2.45, 2.75) is 22.0 Å². The van der Waals surface area contributed by atoms with Crippen LogP contribution in [0, 0.1) is 0 Å². The van der Waals surface area contributed by atoms with Crippen LogP contribution in [0.5, 0.6) is 0 Å². The van der Waals surface area contributed by atoms with Crippen molar-refractivity contribution in [3.63, 3.8) is 0 Å². The maximum Gasteiger partial charge on any atom is 0.0377 e. The average molecular weight is 257 g/mol. The Morgan fingerprint density at radius 2 is 2.44 bits per heavy atom. The summed E-state index contributed by atoms with van der Waals surface area (Å²) in [6.07, 6.45) is 1.18. The Balaban J connectivity index is 2.49. The third kappa shape index (κ3) is 1.98. The third-order valence-electron chi connectivity index (χ3n) is 1.81. The zero-order valence-electron chi connectivity index (χ0n) is 5.52. The molecule has 0 radical (unpaired) electrons. The summed E-state index contributed by atoms with van der Waals surface area (Å²) in [5.74, 6) is 0. The summed E-state index contributed by atoms with van der Waals surface area (Å²) in [5, 5.41) is 3.33. The van der Waals surface area contributed by atoms with Crippen molar-refractivity contribution >= 4 is 35.2 Å². The van der Waals surface area contributed by atoms with Gasteiger partial charge in [0.1, 0.15) is 0 Å². The Labute approximate surface area is 75.5 Å². The van der Waals surface area contributed by atoms with Crippen molar-refractivity contribution in [2.75, 3.05) is 13.1 Å². The summed E-state index contributed by atoms with van der Waals surface area (Å²) < 4.78 is 0.929. The molecule has 2 unspecified atom stereocenters. The van der Waals surface area contributed by atoms with E-state index in [-0.39, 0.29) is 4.75 Å². The van der Waals surface area contributed by atoms with E-state index in [1.54, 1.807) is 0 Å². The third-order valence-corrected chi connectivity index (χ3v) is 4.65. The number of alkyl halides is 1. The molecule has 0 bridgehead atoms. The number of hydrogen-bond donors (Lipinski definition) is 2. The van der Waals surface area contributed by atoms with Gasteiger partial charge in [-0.1, -0.05) is 22.6 Å². The molecule has 3 heteroatoms. The maximum absolute atomic E-state index is 4.57. The second-order valence-corrected chi connectivity index (χ2v) is 5.30. The molecule has 0 aromatic heterocycles. The summed E-state index contributed by atoms with van der Waals surface area (Å²) in [7, 11) is 0. The second kappa shape index (κ2) is 2.96. The van der Waals surface area contributed by atoms with Crippen LogP contribution in [0.15, 0.2) is 0 Å². The van der Waals surface area contributed by atoms with Gasteiger partial charge in [-0.3, -0.25) is 0 Å². The molecule has 1 aliphatic heterocycles. The molecule has 54 valence electrons. The highest BCUT2D eigenvalue weighted by molar-refractivity contribution is 14.1. The van der Waals surface area contributed by atoms with E-state index in [4.69, 9.17) is 0 Å². The van der Waals surface area contributed by atoms with Crippen LogP contribution in [0.1, 0.15) is 13.3 Å². The quantitative estimate of drug-likeness (QED) is 0.380. The van der Waals surface area contributed by atoms with E-state index in [0.717, 1.165) is 13.1 Å². The molecule has 1 rings (SSSR count). The van der Waals surface area contributed by atoms with Gasteiger partial charge in [0.25, 0.3) is 0 Å². The van der Waals surface area contributed by atoms with Gasteiger partial charge in [0.15, 0.2) is 0 Å². The summed E-state index contributed by atoms with van der Waals surface area (Å²) in [6, 6.07) is 0. The summed E-state index contributed by atoms with van der Waals surface area (Å²) in [5.41, 5.74) is 0. The predicted molar refractivity (Wildman–Crippen MR) is 52.7 cm³/mol. The number of piperidine rings is 1. The molecule has 0 spiro atoms. The number of thiol groups is 1. The Morgan fingerprint density at radius 1 is 1.78 bits per heavy atom. The number of hydrogen-bond acceptors (Lipinski definition) is 2. The van der Waals surface area contributed by atoms with Crippen LogP contribution in [-0.4, -0.2) is 21.8 Å². The maximum atomic E-state index is 4.57. The lowest BCUT2D eigenvalue weighted by Crippen LogP contribution is -2.45. The SMILES string of the molecule is CC1(S)CCNCC1I. The lowest BCUT2D eigenvalue weighted by Gasteiger charge is -2.34. The molecule has 0 aliphatic carbocycles. The second-order valence-electron chi connectivity index (χ2n) is 2.78. The van der Waals surface area contributed by atoms with E-state index < -0.39 is 0 Å². The highest BCUT2D eigenvalue weighted by Crippen LogP contribution is 2.30. The van der Waals surface area contributed by atoms with E-state index >= 15 is 0 Å². The first-order valence-corrected chi connectivity index (χ1v) is 4.89. The molecular weight excluding hydrogens is 245 g/mol. The number of halogens is 1. The zero-order chi connectivity index (χ0) is 6.91. The molecule has 1 saturated heterocycles. The summed E-state index contributed by atoms with van der Waals surface area (Å²) in [4.78, 5) is 0. The van der Waals surface area contributed by atoms with Crippen LogP contribution >= 0.6 is 35.2 Å². The smallest absolute Gasteiger partial charge is 0.0377 e. The van der Waals surface area contributed by atoms with Crippen molar-refractivity contribution in [3.8, 4) is 0 Å². The molecule has 0 saturated carbocycles. The van der Waals surface area contributed by atoms with E-state index in [1.165, 1.54) is 6.42 Å². The van der Waals surface area contributed by atoms with Crippen LogP contribution in [0.3, 0.4) is 0 Å². The molecule has 9 heavy (non-hydrogen) atoms. The Hall–Kier alpha value is 1.04. The molecule has 1 aliphatic rings. The number of nitrogens with one attached hydrogen (secondary N) is 1. The fraction of sp³-hybridized carbons (Fsp3) is 1.00. The minimum atomic E-state index is 0.256. The molecule has 0 aromatic carbocycles.